The maximum absolute atomic E-state index is 5.59. The SMILES string of the molecule is CN(C)C1(c2ccccc2)CCC(NC(=S)NCCc2c[nH]c3ccccc23)CC1. The highest BCUT2D eigenvalue weighted by atomic mass is 32.1. The topological polar surface area (TPSA) is 43.1 Å². The van der Waals surface area contributed by atoms with Gasteiger partial charge in [0.2, 0.25) is 0 Å². The minimum absolute atomic E-state index is 0.129. The van der Waals surface area contributed by atoms with Crippen LogP contribution in [0.3, 0.4) is 0 Å². The van der Waals surface area contributed by atoms with Crippen molar-refractivity contribution >= 4 is 28.2 Å². The van der Waals surface area contributed by atoms with Gasteiger partial charge < -0.3 is 15.6 Å². The number of H-pyrrole nitrogens is 1. The van der Waals surface area contributed by atoms with Crippen molar-refractivity contribution in [2.24, 2.45) is 0 Å². The molecule has 0 aliphatic heterocycles. The lowest BCUT2D eigenvalue weighted by molar-refractivity contribution is 0.0888. The third-order valence-electron chi connectivity index (χ3n) is 6.67. The highest BCUT2D eigenvalue weighted by Crippen LogP contribution is 2.40. The molecule has 0 spiro atoms. The van der Waals surface area contributed by atoms with E-state index in [1.54, 1.807) is 0 Å². The number of aromatic amines is 1. The molecule has 2 aromatic carbocycles. The van der Waals surface area contributed by atoms with Gasteiger partial charge in [-0.25, -0.2) is 0 Å². The van der Waals surface area contributed by atoms with Crippen molar-refractivity contribution < 1.29 is 0 Å². The fourth-order valence-electron chi connectivity index (χ4n) is 4.87. The number of aromatic nitrogens is 1. The second kappa shape index (κ2) is 9.19. The van der Waals surface area contributed by atoms with Crippen molar-refractivity contribution in [3.8, 4) is 0 Å². The summed E-state index contributed by atoms with van der Waals surface area (Å²) in [6.45, 7) is 0.839. The van der Waals surface area contributed by atoms with Gasteiger partial charge >= 0.3 is 0 Å². The molecule has 4 nitrogen and oxygen atoms in total. The summed E-state index contributed by atoms with van der Waals surface area (Å²) in [5.74, 6) is 0. The smallest absolute Gasteiger partial charge is 0.166 e. The molecule has 1 aliphatic carbocycles. The molecule has 4 rings (SSSR count). The molecule has 0 unspecified atom stereocenters. The monoisotopic (exact) mass is 420 g/mol. The Morgan fingerprint density at radius 3 is 2.50 bits per heavy atom. The van der Waals surface area contributed by atoms with Crippen LogP contribution in [0.25, 0.3) is 10.9 Å². The van der Waals surface area contributed by atoms with Gasteiger partial charge in [-0.2, -0.15) is 0 Å². The first kappa shape index (κ1) is 20.9. The minimum Gasteiger partial charge on any atom is -0.362 e. The number of para-hydroxylation sites is 1. The summed E-state index contributed by atoms with van der Waals surface area (Å²) in [4.78, 5) is 5.74. The molecule has 1 aromatic heterocycles. The quantitative estimate of drug-likeness (QED) is 0.511. The van der Waals surface area contributed by atoms with Crippen molar-refractivity contribution in [1.29, 1.82) is 0 Å². The molecule has 158 valence electrons. The number of thiocarbonyl (C=S) groups is 1. The van der Waals surface area contributed by atoms with Crippen LogP contribution in [0.4, 0.5) is 0 Å². The molecular weight excluding hydrogens is 388 g/mol. The molecule has 3 aromatic rings. The van der Waals surface area contributed by atoms with E-state index in [1.807, 2.05) is 0 Å². The Morgan fingerprint density at radius 2 is 1.77 bits per heavy atom. The van der Waals surface area contributed by atoms with E-state index in [0.29, 0.717) is 6.04 Å². The Kier molecular flexibility index (Phi) is 6.40. The van der Waals surface area contributed by atoms with Crippen molar-refractivity contribution in [3.05, 3.63) is 71.9 Å². The lowest BCUT2D eigenvalue weighted by atomic mass is 9.74. The van der Waals surface area contributed by atoms with Crippen LogP contribution in [0.2, 0.25) is 0 Å². The van der Waals surface area contributed by atoms with E-state index >= 15 is 0 Å². The summed E-state index contributed by atoms with van der Waals surface area (Å²) >= 11 is 5.59. The van der Waals surface area contributed by atoms with Gasteiger partial charge in [-0.05, 0) is 75.6 Å². The first-order chi connectivity index (χ1) is 14.6. The molecule has 3 N–H and O–H groups in total. The molecule has 0 atom stereocenters. The Bertz CT molecular complexity index is 971. The van der Waals surface area contributed by atoms with E-state index in [1.165, 1.54) is 22.0 Å². The van der Waals surface area contributed by atoms with Gasteiger partial charge in [0.15, 0.2) is 5.11 Å². The van der Waals surface area contributed by atoms with Crippen LogP contribution in [0.5, 0.6) is 0 Å². The van der Waals surface area contributed by atoms with Gasteiger partial charge in [0, 0.05) is 35.2 Å². The van der Waals surface area contributed by atoms with Crippen molar-refractivity contribution in [1.82, 2.24) is 20.5 Å². The number of rotatable bonds is 6. The van der Waals surface area contributed by atoms with E-state index in [4.69, 9.17) is 12.2 Å². The second-order valence-electron chi connectivity index (χ2n) is 8.58. The average Bonchev–Trinajstić information content (AvgIpc) is 3.18. The minimum atomic E-state index is 0.129. The number of fused-ring (bicyclic) bond motifs is 1. The van der Waals surface area contributed by atoms with E-state index in [-0.39, 0.29) is 5.54 Å². The summed E-state index contributed by atoms with van der Waals surface area (Å²) in [6.07, 6.45) is 7.58. The van der Waals surface area contributed by atoms with E-state index in [2.05, 4.69) is 95.4 Å². The zero-order valence-electron chi connectivity index (χ0n) is 17.9. The molecule has 1 saturated carbocycles. The molecule has 0 bridgehead atoms. The lowest BCUT2D eigenvalue weighted by Gasteiger charge is -2.46. The normalized spacial score (nSPS) is 21.6. The number of nitrogens with zero attached hydrogens (tertiary/aromatic N) is 1. The zero-order chi connectivity index (χ0) is 21.0. The zero-order valence-corrected chi connectivity index (χ0v) is 18.8. The van der Waals surface area contributed by atoms with Crippen LogP contribution in [-0.4, -0.2) is 41.7 Å². The van der Waals surface area contributed by atoms with E-state index in [9.17, 15) is 0 Å². The largest absolute Gasteiger partial charge is 0.362 e. The molecule has 1 aliphatic rings. The van der Waals surface area contributed by atoms with Gasteiger partial charge in [-0.3, -0.25) is 4.90 Å². The van der Waals surface area contributed by atoms with Crippen LogP contribution in [-0.2, 0) is 12.0 Å². The van der Waals surface area contributed by atoms with Crippen molar-refractivity contribution in [2.45, 2.75) is 43.7 Å². The number of hydrogen-bond donors (Lipinski definition) is 3. The van der Waals surface area contributed by atoms with Gasteiger partial charge in [0.1, 0.15) is 0 Å². The van der Waals surface area contributed by atoms with Crippen LogP contribution >= 0.6 is 12.2 Å². The van der Waals surface area contributed by atoms with Gasteiger partial charge in [0.25, 0.3) is 0 Å². The maximum Gasteiger partial charge on any atom is 0.166 e. The predicted molar refractivity (Wildman–Crippen MR) is 130 cm³/mol. The van der Waals surface area contributed by atoms with Crippen LogP contribution in [0.1, 0.15) is 36.8 Å². The highest BCUT2D eigenvalue weighted by Gasteiger charge is 2.38. The van der Waals surface area contributed by atoms with Crippen molar-refractivity contribution in [2.75, 3.05) is 20.6 Å². The molecule has 30 heavy (non-hydrogen) atoms. The lowest BCUT2D eigenvalue weighted by Crippen LogP contribution is -2.50. The maximum atomic E-state index is 5.59. The Morgan fingerprint density at radius 1 is 1.07 bits per heavy atom. The Labute approximate surface area is 185 Å². The summed E-state index contributed by atoms with van der Waals surface area (Å²) in [6, 6.07) is 19.8. The molecule has 1 fully saturated rings. The summed E-state index contributed by atoms with van der Waals surface area (Å²) in [5.41, 5.74) is 4.08. The van der Waals surface area contributed by atoms with Crippen LogP contribution in [0.15, 0.2) is 60.8 Å². The second-order valence-corrected chi connectivity index (χ2v) is 8.98. The first-order valence-corrected chi connectivity index (χ1v) is 11.3. The first-order valence-electron chi connectivity index (χ1n) is 10.9. The number of benzene rings is 2. The average molecular weight is 421 g/mol. The summed E-state index contributed by atoms with van der Waals surface area (Å²) < 4.78 is 0. The third kappa shape index (κ3) is 4.37. The summed E-state index contributed by atoms with van der Waals surface area (Å²) in [7, 11) is 4.41. The Hall–Kier alpha value is -2.37. The van der Waals surface area contributed by atoms with Gasteiger partial charge in [0.05, 0.1) is 0 Å². The van der Waals surface area contributed by atoms with E-state index < -0.39 is 0 Å². The highest BCUT2D eigenvalue weighted by molar-refractivity contribution is 7.80. The molecule has 0 saturated heterocycles. The Balaban J connectivity index is 1.27. The van der Waals surface area contributed by atoms with Crippen molar-refractivity contribution in [3.63, 3.8) is 0 Å². The van der Waals surface area contributed by atoms with Gasteiger partial charge in [-0.1, -0.05) is 48.5 Å². The molecule has 1 heterocycles. The molecular formula is C25H32N4S. The summed E-state index contributed by atoms with van der Waals surface area (Å²) in [5, 5.41) is 9.03. The van der Waals surface area contributed by atoms with Gasteiger partial charge in [-0.15, -0.1) is 0 Å². The standard InChI is InChI=1S/C25H32N4S/c1-29(2)25(20-8-4-3-5-9-20)15-12-21(13-16-25)28-24(30)26-17-14-19-18-27-23-11-7-6-10-22(19)23/h3-11,18,21,27H,12-17H2,1-2H3,(H2,26,28,30). The van der Waals surface area contributed by atoms with Crippen LogP contribution in [0, 0.1) is 0 Å². The molecule has 5 heteroatoms. The van der Waals surface area contributed by atoms with Crippen LogP contribution < -0.4 is 10.6 Å². The fraction of sp³-hybridized carbons (Fsp3) is 0.400. The third-order valence-corrected chi connectivity index (χ3v) is 6.93. The number of nitrogens with one attached hydrogen (secondary N) is 3. The fourth-order valence-corrected chi connectivity index (χ4v) is 5.14. The molecule has 0 amide bonds. The number of hydrogen-bond acceptors (Lipinski definition) is 2. The predicted octanol–water partition coefficient (Wildman–Crippen LogP) is 4.57. The van der Waals surface area contributed by atoms with E-state index in [0.717, 1.165) is 43.8 Å². The molecule has 0 radical (unpaired) electrons.